The van der Waals surface area contributed by atoms with Crippen LogP contribution in [0.2, 0.25) is 0 Å². The normalized spacial score (nSPS) is 17.9. The summed E-state index contributed by atoms with van der Waals surface area (Å²) in [4.78, 5) is 2.55. The van der Waals surface area contributed by atoms with E-state index in [0.29, 0.717) is 6.04 Å². The van der Waals surface area contributed by atoms with E-state index < -0.39 is 0 Å². The number of hydrogen-bond acceptors (Lipinski definition) is 3. The zero-order valence-electron chi connectivity index (χ0n) is 11.5. The highest BCUT2D eigenvalue weighted by atomic mass is 32.1. The van der Waals surface area contributed by atoms with E-state index >= 15 is 0 Å². The molecule has 1 aromatic rings. The van der Waals surface area contributed by atoms with Crippen LogP contribution in [0.15, 0.2) is 28.5 Å². The lowest BCUT2D eigenvalue weighted by molar-refractivity contribution is 0.214. The standard InChI is InChI=1S/C15H24N2S/c1-13(2)3-7-17-8-4-15(5-9-17)16-11-14-6-10-18-12-14/h3,6,10,12,15-16H,4-5,7-9,11H2,1-2H3. The van der Waals surface area contributed by atoms with E-state index in [4.69, 9.17) is 0 Å². The molecule has 0 aliphatic carbocycles. The Morgan fingerprint density at radius 1 is 1.44 bits per heavy atom. The number of nitrogens with zero attached hydrogens (tertiary/aromatic N) is 1. The van der Waals surface area contributed by atoms with E-state index in [1.807, 2.05) is 0 Å². The summed E-state index contributed by atoms with van der Waals surface area (Å²) in [5.74, 6) is 0. The molecule has 0 saturated carbocycles. The van der Waals surface area contributed by atoms with Crippen LogP contribution in [-0.4, -0.2) is 30.6 Å². The van der Waals surface area contributed by atoms with Crippen molar-refractivity contribution in [2.75, 3.05) is 19.6 Å². The summed E-state index contributed by atoms with van der Waals surface area (Å²) >= 11 is 1.78. The molecular formula is C15H24N2S. The van der Waals surface area contributed by atoms with Gasteiger partial charge in [0.2, 0.25) is 0 Å². The number of allylic oxidation sites excluding steroid dienone is 1. The van der Waals surface area contributed by atoms with Gasteiger partial charge in [-0.05, 0) is 62.2 Å². The first-order valence-electron chi connectivity index (χ1n) is 6.84. The molecule has 1 saturated heterocycles. The van der Waals surface area contributed by atoms with Gasteiger partial charge in [0.1, 0.15) is 0 Å². The molecule has 0 amide bonds. The summed E-state index contributed by atoms with van der Waals surface area (Å²) in [7, 11) is 0. The Hall–Kier alpha value is -0.640. The summed E-state index contributed by atoms with van der Waals surface area (Å²) in [6.45, 7) is 8.96. The lowest BCUT2D eigenvalue weighted by Gasteiger charge is -2.31. The fraction of sp³-hybridized carbons (Fsp3) is 0.600. The minimum absolute atomic E-state index is 0.702. The molecule has 1 fully saturated rings. The quantitative estimate of drug-likeness (QED) is 0.821. The Morgan fingerprint density at radius 2 is 2.22 bits per heavy atom. The molecule has 0 atom stereocenters. The van der Waals surface area contributed by atoms with Crippen molar-refractivity contribution >= 4 is 11.3 Å². The van der Waals surface area contributed by atoms with Crippen LogP contribution < -0.4 is 5.32 Å². The third-order valence-electron chi connectivity index (χ3n) is 3.52. The Bertz CT molecular complexity index is 358. The van der Waals surface area contributed by atoms with Gasteiger partial charge in [0.05, 0.1) is 0 Å². The number of nitrogens with one attached hydrogen (secondary N) is 1. The van der Waals surface area contributed by atoms with Crippen LogP contribution >= 0.6 is 11.3 Å². The van der Waals surface area contributed by atoms with Crippen molar-refractivity contribution in [1.82, 2.24) is 10.2 Å². The molecule has 3 heteroatoms. The van der Waals surface area contributed by atoms with E-state index in [0.717, 1.165) is 13.1 Å². The van der Waals surface area contributed by atoms with Gasteiger partial charge in [-0.3, -0.25) is 4.90 Å². The molecule has 18 heavy (non-hydrogen) atoms. The maximum atomic E-state index is 3.67. The van der Waals surface area contributed by atoms with Gasteiger partial charge in [-0.25, -0.2) is 0 Å². The molecule has 0 radical (unpaired) electrons. The highest BCUT2D eigenvalue weighted by Crippen LogP contribution is 2.12. The zero-order chi connectivity index (χ0) is 12.8. The predicted octanol–water partition coefficient (Wildman–Crippen LogP) is 3.27. The SMILES string of the molecule is CC(C)=CCN1CCC(NCc2ccsc2)CC1. The monoisotopic (exact) mass is 264 g/mol. The summed E-state index contributed by atoms with van der Waals surface area (Å²) < 4.78 is 0. The van der Waals surface area contributed by atoms with E-state index in [-0.39, 0.29) is 0 Å². The van der Waals surface area contributed by atoms with Crippen molar-refractivity contribution in [3.05, 3.63) is 34.0 Å². The van der Waals surface area contributed by atoms with Crippen molar-refractivity contribution in [3.63, 3.8) is 0 Å². The van der Waals surface area contributed by atoms with Crippen LogP contribution in [0.5, 0.6) is 0 Å². The molecule has 0 bridgehead atoms. The van der Waals surface area contributed by atoms with Crippen molar-refractivity contribution < 1.29 is 0 Å². The first-order chi connectivity index (χ1) is 8.74. The Morgan fingerprint density at radius 3 is 2.83 bits per heavy atom. The molecule has 1 N–H and O–H groups in total. The summed E-state index contributed by atoms with van der Waals surface area (Å²) in [5.41, 5.74) is 2.85. The lowest BCUT2D eigenvalue weighted by atomic mass is 10.0. The number of rotatable bonds is 5. The van der Waals surface area contributed by atoms with Gasteiger partial charge in [-0.2, -0.15) is 11.3 Å². The number of piperidine rings is 1. The third kappa shape index (κ3) is 4.56. The molecule has 1 aliphatic heterocycles. The number of hydrogen-bond donors (Lipinski definition) is 1. The molecule has 2 heterocycles. The van der Waals surface area contributed by atoms with E-state index in [1.54, 1.807) is 11.3 Å². The second-order valence-corrected chi connectivity index (χ2v) is 6.15. The molecular weight excluding hydrogens is 240 g/mol. The van der Waals surface area contributed by atoms with Crippen molar-refractivity contribution in [2.45, 2.75) is 39.3 Å². The third-order valence-corrected chi connectivity index (χ3v) is 4.25. The Labute approximate surface area is 115 Å². The van der Waals surface area contributed by atoms with E-state index in [1.165, 1.54) is 37.1 Å². The molecule has 0 unspecified atom stereocenters. The summed E-state index contributed by atoms with van der Waals surface area (Å²) in [6, 6.07) is 2.91. The van der Waals surface area contributed by atoms with E-state index in [2.05, 4.69) is 47.0 Å². The minimum Gasteiger partial charge on any atom is -0.310 e. The highest BCUT2D eigenvalue weighted by molar-refractivity contribution is 7.07. The van der Waals surface area contributed by atoms with Crippen LogP contribution in [0.1, 0.15) is 32.3 Å². The maximum absolute atomic E-state index is 3.67. The van der Waals surface area contributed by atoms with Gasteiger partial charge >= 0.3 is 0 Å². The fourth-order valence-electron chi connectivity index (χ4n) is 2.29. The van der Waals surface area contributed by atoms with Crippen molar-refractivity contribution in [2.24, 2.45) is 0 Å². The first kappa shape index (κ1) is 13.8. The highest BCUT2D eigenvalue weighted by Gasteiger charge is 2.17. The summed E-state index contributed by atoms with van der Waals surface area (Å²) in [6.07, 6.45) is 4.89. The minimum atomic E-state index is 0.702. The van der Waals surface area contributed by atoms with Crippen LogP contribution in [0.4, 0.5) is 0 Å². The molecule has 1 aliphatic rings. The van der Waals surface area contributed by atoms with Crippen LogP contribution in [0, 0.1) is 0 Å². The van der Waals surface area contributed by atoms with Gasteiger partial charge in [0, 0.05) is 19.1 Å². The molecule has 2 nitrogen and oxygen atoms in total. The van der Waals surface area contributed by atoms with Crippen molar-refractivity contribution in [1.29, 1.82) is 0 Å². The van der Waals surface area contributed by atoms with Gasteiger partial charge in [0.25, 0.3) is 0 Å². The number of likely N-dealkylation sites (tertiary alicyclic amines) is 1. The molecule has 1 aromatic heterocycles. The molecule has 0 aromatic carbocycles. The van der Waals surface area contributed by atoms with Crippen LogP contribution in [0.25, 0.3) is 0 Å². The topological polar surface area (TPSA) is 15.3 Å². The molecule has 100 valence electrons. The van der Waals surface area contributed by atoms with Crippen LogP contribution in [0.3, 0.4) is 0 Å². The van der Waals surface area contributed by atoms with Gasteiger partial charge in [-0.15, -0.1) is 0 Å². The Kier molecular flexibility index (Phi) is 5.42. The van der Waals surface area contributed by atoms with Gasteiger partial charge in [0.15, 0.2) is 0 Å². The largest absolute Gasteiger partial charge is 0.310 e. The summed E-state index contributed by atoms with van der Waals surface area (Å²) in [5, 5.41) is 8.06. The predicted molar refractivity (Wildman–Crippen MR) is 80.1 cm³/mol. The average molecular weight is 264 g/mol. The first-order valence-corrected chi connectivity index (χ1v) is 7.78. The fourth-order valence-corrected chi connectivity index (χ4v) is 2.96. The van der Waals surface area contributed by atoms with Gasteiger partial charge in [-0.1, -0.05) is 11.6 Å². The Balaban J connectivity index is 1.65. The van der Waals surface area contributed by atoms with Crippen molar-refractivity contribution in [3.8, 4) is 0 Å². The number of thiophene rings is 1. The average Bonchev–Trinajstić information content (AvgIpc) is 2.88. The van der Waals surface area contributed by atoms with Gasteiger partial charge < -0.3 is 5.32 Å². The molecule has 0 spiro atoms. The van der Waals surface area contributed by atoms with E-state index in [9.17, 15) is 0 Å². The lowest BCUT2D eigenvalue weighted by Crippen LogP contribution is -2.42. The zero-order valence-corrected chi connectivity index (χ0v) is 12.3. The second kappa shape index (κ2) is 7.07. The maximum Gasteiger partial charge on any atom is 0.0216 e. The smallest absolute Gasteiger partial charge is 0.0216 e. The van der Waals surface area contributed by atoms with Crippen LogP contribution in [-0.2, 0) is 6.54 Å². The molecule has 2 rings (SSSR count). The second-order valence-electron chi connectivity index (χ2n) is 5.37.